The molecule has 2 N–H and O–H groups in total. The number of aromatic amines is 1. The van der Waals surface area contributed by atoms with Gasteiger partial charge in [-0.05, 0) is 36.8 Å². The van der Waals surface area contributed by atoms with Crippen LogP contribution in [0, 0.1) is 5.82 Å². The number of hydrogen-bond acceptors (Lipinski definition) is 7. The Labute approximate surface area is 166 Å². The van der Waals surface area contributed by atoms with Crippen LogP contribution in [0.3, 0.4) is 0 Å². The zero-order valence-corrected chi connectivity index (χ0v) is 15.7. The van der Waals surface area contributed by atoms with Gasteiger partial charge in [0.1, 0.15) is 5.82 Å². The van der Waals surface area contributed by atoms with E-state index >= 15 is 0 Å². The highest BCUT2D eigenvalue weighted by atomic mass is 19.1. The van der Waals surface area contributed by atoms with Crippen LogP contribution in [0.1, 0.15) is 25.0 Å². The van der Waals surface area contributed by atoms with Gasteiger partial charge >= 0.3 is 6.01 Å². The van der Waals surface area contributed by atoms with Crippen molar-refractivity contribution >= 4 is 0 Å². The number of hydrogen-bond donors (Lipinski definition) is 2. The van der Waals surface area contributed by atoms with Crippen LogP contribution < -0.4 is 4.74 Å². The van der Waals surface area contributed by atoms with E-state index in [4.69, 9.17) is 19.3 Å². The third-order valence-electron chi connectivity index (χ3n) is 4.31. The largest absolute Gasteiger partial charge is 0.463 e. The second-order valence-electron chi connectivity index (χ2n) is 6.43. The number of aromatic nitrogens is 4. The molecule has 0 saturated carbocycles. The van der Waals surface area contributed by atoms with Crippen LogP contribution in [0.5, 0.6) is 6.01 Å². The van der Waals surface area contributed by atoms with E-state index in [2.05, 4.69) is 19.9 Å². The Hall–Kier alpha value is -2.88. The van der Waals surface area contributed by atoms with Crippen molar-refractivity contribution in [3.63, 3.8) is 0 Å². The molecule has 0 unspecified atom stereocenters. The van der Waals surface area contributed by atoms with Crippen molar-refractivity contribution in [1.29, 1.82) is 0 Å². The van der Waals surface area contributed by atoms with E-state index in [1.54, 1.807) is 24.4 Å². The predicted octanol–water partition coefficient (Wildman–Crippen LogP) is 2.87. The molecule has 3 heterocycles. The lowest BCUT2D eigenvalue weighted by Gasteiger charge is -2.21. The number of rotatable bonds is 7. The van der Waals surface area contributed by atoms with E-state index in [0.717, 1.165) is 12.0 Å². The quantitative estimate of drug-likeness (QED) is 0.588. The van der Waals surface area contributed by atoms with Gasteiger partial charge in [0, 0.05) is 24.8 Å². The molecule has 3 aromatic rings. The second kappa shape index (κ2) is 9.08. The highest BCUT2D eigenvalue weighted by molar-refractivity contribution is 5.76. The first kappa shape index (κ1) is 19.4. The van der Waals surface area contributed by atoms with Crippen molar-refractivity contribution in [1.82, 2.24) is 19.9 Å². The molecule has 0 spiro atoms. The second-order valence-corrected chi connectivity index (χ2v) is 6.43. The number of halogens is 1. The van der Waals surface area contributed by atoms with Gasteiger partial charge in [0.15, 0.2) is 5.82 Å². The average Bonchev–Trinajstić information content (AvgIpc) is 3.21. The van der Waals surface area contributed by atoms with Crippen LogP contribution in [-0.2, 0) is 9.47 Å². The lowest BCUT2D eigenvalue weighted by atomic mass is 10.1. The number of aliphatic hydroxyl groups is 1. The fourth-order valence-corrected chi connectivity index (χ4v) is 2.93. The van der Waals surface area contributed by atoms with Crippen LogP contribution >= 0.6 is 0 Å². The molecule has 1 fully saturated rings. The van der Waals surface area contributed by atoms with Crippen molar-refractivity contribution in [2.24, 2.45) is 0 Å². The highest BCUT2D eigenvalue weighted by Crippen LogP contribution is 2.33. The zero-order chi connectivity index (χ0) is 20.1. The minimum Gasteiger partial charge on any atom is -0.463 e. The maximum atomic E-state index is 13.4. The molecule has 1 aromatic carbocycles. The van der Waals surface area contributed by atoms with Gasteiger partial charge in [0.25, 0.3) is 0 Å². The molecule has 0 amide bonds. The van der Waals surface area contributed by atoms with Gasteiger partial charge in [-0.25, -0.2) is 14.4 Å². The summed E-state index contributed by atoms with van der Waals surface area (Å²) >= 11 is 0. The lowest BCUT2D eigenvalue weighted by molar-refractivity contribution is -0.186. The molecule has 0 atom stereocenters. The Bertz CT molecular complexity index is 942. The van der Waals surface area contributed by atoms with Crippen LogP contribution in [0.4, 0.5) is 4.39 Å². The first-order chi connectivity index (χ1) is 14.2. The van der Waals surface area contributed by atoms with Gasteiger partial charge < -0.3 is 24.3 Å². The third kappa shape index (κ3) is 4.58. The Kier molecular flexibility index (Phi) is 6.09. The molecular formula is C20H21FN4O4. The minimum atomic E-state index is -0.598. The van der Waals surface area contributed by atoms with Crippen LogP contribution in [0.25, 0.3) is 22.6 Å². The van der Waals surface area contributed by atoms with Gasteiger partial charge in [0.2, 0.25) is 6.29 Å². The Morgan fingerprint density at radius 1 is 1.14 bits per heavy atom. The molecule has 4 rings (SSSR count). The Balaban J connectivity index is 1.71. The van der Waals surface area contributed by atoms with Crippen molar-refractivity contribution in [3.05, 3.63) is 48.2 Å². The molecule has 1 saturated heterocycles. The normalized spacial score (nSPS) is 14.8. The molecule has 2 aromatic heterocycles. The van der Waals surface area contributed by atoms with E-state index in [1.165, 1.54) is 12.1 Å². The van der Waals surface area contributed by atoms with E-state index in [0.29, 0.717) is 49.1 Å². The molecule has 29 heavy (non-hydrogen) atoms. The number of nitrogens with one attached hydrogen (secondary N) is 1. The van der Waals surface area contributed by atoms with Crippen LogP contribution in [0.15, 0.2) is 36.5 Å². The fraction of sp³-hybridized carbons (Fsp3) is 0.350. The lowest BCUT2D eigenvalue weighted by Crippen LogP contribution is -2.18. The molecule has 9 heteroatoms. The van der Waals surface area contributed by atoms with Gasteiger partial charge in [-0.1, -0.05) is 0 Å². The average molecular weight is 400 g/mol. The van der Waals surface area contributed by atoms with E-state index in [-0.39, 0.29) is 18.4 Å². The van der Waals surface area contributed by atoms with Crippen molar-refractivity contribution < 1.29 is 23.7 Å². The molecular weight excluding hydrogens is 379 g/mol. The van der Waals surface area contributed by atoms with Gasteiger partial charge in [0.05, 0.1) is 36.9 Å². The monoisotopic (exact) mass is 400 g/mol. The summed E-state index contributed by atoms with van der Waals surface area (Å²) in [5.74, 6) is 0.187. The number of imidazole rings is 1. The summed E-state index contributed by atoms with van der Waals surface area (Å²) in [4.78, 5) is 16.4. The topological polar surface area (TPSA) is 102 Å². The molecule has 1 aliphatic heterocycles. The number of aliphatic hydroxyl groups excluding tert-OH is 1. The van der Waals surface area contributed by atoms with Crippen molar-refractivity contribution in [3.8, 4) is 28.7 Å². The smallest absolute Gasteiger partial charge is 0.316 e. The van der Waals surface area contributed by atoms with Gasteiger partial charge in [-0.15, -0.1) is 0 Å². The van der Waals surface area contributed by atoms with Crippen LogP contribution in [-0.4, -0.2) is 51.5 Å². The third-order valence-corrected chi connectivity index (χ3v) is 4.31. The number of ether oxygens (including phenoxy) is 3. The molecule has 1 aliphatic rings. The maximum absolute atomic E-state index is 13.4. The van der Waals surface area contributed by atoms with E-state index in [1.807, 2.05) is 0 Å². The Morgan fingerprint density at radius 3 is 2.69 bits per heavy atom. The van der Waals surface area contributed by atoms with Gasteiger partial charge in [-0.2, -0.15) is 4.98 Å². The standard InChI is InChI=1S/C20H21FN4O4/c21-14-5-3-13(4-6-14)16-17(25-18(24-16)19-27-11-2-12-28-19)15-7-8-22-20(23-15)29-10-1-9-26/h3-8,19,26H,1-2,9-12H2,(H,24,25). The minimum absolute atomic E-state index is 0.0275. The number of nitrogens with zero attached hydrogens (tertiary/aromatic N) is 3. The fourth-order valence-electron chi connectivity index (χ4n) is 2.93. The first-order valence-corrected chi connectivity index (χ1v) is 9.41. The van der Waals surface area contributed by atoms with Gasteiger partial charge in [-0.3, -0.25) is 0 Å². The summed E-state index contributed by atoms with van der Waals surface area (Å²) < 4.78 is 30.2. The summed E-state index contributed by atoms with van der Waals surface area (Å²) in [6.45, 7) is 1.51. The summed E-state index contributed by atoms with van der Waals surface area (Å²) in [6.07, 6.45) is 2.30. The molecule has 0 aliphatic carbocycles. The Morgan fingerprint density at radius 2 is 1.93 bits per heavy atom. The summed E-state index contributed by atoms with van der Waals surface area (Å²) in [7, 11) is 0. The molecule has 152 valence electrons. The number of H-pyrrole nitrogens is 1. The number of benzene rings is 1. The van der Waals surface area contributed by atoms with Crippen molar-refractivity contribution in [2.45, 2.75) is 19.1 Å². The summed E-state index contributed by atoms with van der Waals surface area (Å²) in [5.41, 5.74) is 2.51. The molecule has 8 nitrogen and oxygen atoms in total. The highest BCUT2D eigenvalue weighted by Gasteiger charge is 2.24. The summed E-state index contributed by atoms with van der Waals surface area (Å²) in [5, 5.41) is 8.90. The van der Waals surface area contributed by atoms with E-state index in [9.17, 15) is 4.39 Å². The van der Waals surface area contributed by atoms with Crippen molar-refractivity contribution in [2.75, 3.05) is 26.4 Å². The summed E-state index contributed by atoms with van der Waals surface area (Å²) in [6, 6.07) is 7.99. The van der Waals surface area contributed by atoms with E-state index < -0.39 is 6.29 Å². The predicted molar refractivity (Wildman–Crippen MR) is 101 cm³/mol. The zero-order valence-electron chi connectivity index (χ0n) is 15.7. The molecule has 0 bridgehead atoms. The first-order valence-electron chi connectivity index (χ1n) is 9.41. The van der Waals surface area contributed by atoms with Crippen LogP contribution in [0.2, 0.25) is 0 Å². The maximum Gasteiger partial charge on any atom is 0.316 e. The SMILES string of the molecule is OCCCOc1nccc(-c2[nH]c(C3OCCCO3)nc2-c2ccc(F)cc2)n1. The molecule has 0 radical (unpaired) electrons.